The summed E-state index contributed by atoms with van der Waals surface area (Å²) in [5.41, 5.74) is 0.558. The number of nitrogens with zero attached hydrogens (tertiary/aromatic N) is 2. The van der Waals surface area contributed by atoms with Gasteiger partial charge in [-0.25, -0.2) is 4.98 Å². The molecule has 5 nitrogen and oxygen atoms in total. The molecule has 1 N–H and O–H groups in total. The summed E-state index contributed by atoms with van der Waals surface area (Å²) in [4.78, 5) is 19.1. The number of amides is 1. The van der Waals surface area contributed by atoms with Crippen molar-refractivity contribution in [3.8, 4) is 5.88 Å². The van der Waals surface area contributed by atoms with E-state index < -0.39 is 5.54 Å². The minimum atomic E-state index is -0.438. The number of ether oxygens (including phenoxy) is 1. The second kappa shape index (κ2) is 7.30. The number of aromatic nitrogens is 1. The molecule has 2 heterocycles. The van der Waals surface area contributed by atoms with Crippen LogP contribution in [0.4, 0.5) is 0 Å². The number of carbonyl (C=O) groups is 1. The predicted octanol–water partition coefficient (Wildman–Crippen LogP) is 2.39. The molecule has 2 rings (SSSR count). The molecule has 1 unspecified atom stereocenters. The molecule has 23 heavy (non-hydrogen) atoms. The average molecular weight is 319 g/mol. The number of rotatable bonds is 6. The first-order chi connectivity index (χ1) is 10.8. The van der Waals surface area contributed by atoms with Crippen LogP contribution in [0.5, 0.6) is 5.88 Å². The zero-order chi connectivity index (χ0) is 17.0. The lowest BCUT2D eigenvalue weighted by molar-refractivity contribution is -0.128. The largest absolute Gasteiger partial charge is 0.475 e. The fourth-order valence-electron chi connectivity index (χ4n) is 3.10. The molecule has 0 radical (unpaired) electrons. The molecule has 2 atom stereocenters. The van der Waals surface area contributed by atoms with Gasteiger partial charge < -0.3 is 15.0 Å². The van der Waals surface area contributed by atoms with Gasteiger partial charge in [0.25, 0.3) is 0 Å². The highest BCUT2D eigenvalue weighted by molar-refractivity contribution is 5.79. The highest BCUT2D eigenvalue weighted by atomic mass is 16.5. The van der Waals surface area contributed by atoms with Crippen molar-refractivity contribution in [3.63, 3.8) is 0 Å². The van der Waals surface area contributed by atoms with Crippen molar-refractivity contribution in [1.82, 2.24) is 15.2 Å². The standard InChI is InChI=1S/C18H29N3O2/c1-13-8-6-10-19-17(13)23-12-18(3,4)20-16(22)14(2)15-9-7-11-21(15)5/h6,8,10,14-15H,7,9,11-12H2,1-5H3,(H,20,22)/t14?,15-/m0/s1. The van der Waals surface area contributed by atoms with Gasteiger partial charge in [-0.3, -0.25) is 4.79 Å². The lowest BCUT2D eigenvalue weighted by Gasteiger charge is -2.31. The zero-order valence-electron chi connectivity index (χ0n) is 14.9. The van der Waals surface area contributed by atoms with E-state index in [0.717, 1.165) is 18.5 Å². The van der Waals surface area contributed by atoms with E-state index in [1.165, 1.54) is 6.42 Å². The van der Waals surface area contributed by atoms with Crippen LogP contribution in [0.25, 0.3) is 0 Å². The van der Waals surface area contributed by atoms with Crippen molar-refractivity contribution < 1.29 is 9.53 Å². The van der Waals surface area contributed by atoms with Crippen LogP contribution in [0.15, 0.2) is 18.3 Å². The van der Waals surface area contributed by atoms with Crippen molar-refractivity contribution in [3.05, 3.63) is 23.9 Å². The Balaban J connectivity index is 1.89. The smallest absolute Gasteiger partial charge is 0.224 e. The Bertz CT molecular complexity index is 545. The Labute approximate surface area is 139 Å². The number of pyridine rings is 1. The van der Waals surface area contributed by atoms with Gasteiger partial charge in [-0.05, 0) is 53.3 Å². The number of nitrogens with one attached hydrogen (secondary N) is 1. The third-order valence-corrected chi connectivity index (χ3v) is 4.56. The molecule has 0 saturated carbocycles. The average Bonchev–Trinajstić information content (AvgIpc) is 2.91. The van der Waals surface area contributed by atoms with Gasteiger partial charge in [-0.1, -0.05) is 13.0 Å². The molecule has 5 heteroatoms. The summed E-state index contributed by atoms with van der Waals surface area (Å²) < 4.78 is 5.79. The Morgan fingerprint density at radius 3 is 2.91 bits per heavy atom. The molecule has 1 aromatic heterocycles. The molecule has 0 spiro atoms. The number of hydrogen-bond acceptors (Lipinski definition) is 4. The number of likely N-dealkylation sites (tertiary alicyclic amines) is 1. The van der Waals surface area contributed by atoms with Gasteiger partial charge in [0.1, 0.15) is 6.61 Å². The van der Waals surface area contributed by atoms with E-state index in [2.05, 4.69) is 22.2 Å². The Morgan fingerprint density at radius 2 is 2.30 bits per heavy atom. The van der Waals surface area contributed by atoms with E-state index in [9.17, 15) is 4.79 Å². The summed E-state index contributed by atoms with van der Waals surface area (Å²) in [7, 11) is 2.10. The summed E-state index contributed by atoms with van der Waals surface area (Å²) in [6, 6.07) is 4.19. The first-order valence-electron chi connectivity index (χ1n) is 8.37. The van der Waals surface area contributed by atoms with Crippen LogP contribution >= 0.6 is 0 Å². The normalized spacial score (nSPS) is 20.3. The molecule has 1 aromatic rings. The van der Waals surface area contributed by atoms with Crippen LogP contribution in [0.1, 0.15) is 39.2 Å². The molecule has 1 fully saturated rings. The van der Waals surface area contributed by atoms with Crippen molar-refractivity contribution in [2.24, 2.45) is 5.92 Å². The maximum absolute atomic E-state index is 12.6. The second-order valence-corrected chi connectivity index (χ2v) is 7.27. The Kier molecular flexibility index (Phi) is 5.63. The summed E-state index contributed by atoms with van der Waals surface area (Å²) >= 11 is 0. The van der Waals surface area contributed by atoms with E-state index >= 15 is 0 Å². The Morgan fingerprint density at radius 1 is 1.57 bits per heavy atom. The molecule has 1 aliphatic heterocycles. The van der Waals surface area contributed by atoms with Crippen molar-refractivity contribution >= 4 is 5.91 Å². The first kappa shape index (κ1) is 17.7. The van der Waals surface area contributed by atoms with Crippen LogP contribution in [0, 0.1) is 12.8 Å². The van der Waals surface area contributed by atoms with Gasteiger partial charge in [0.2, 0.25) is 11.8 Å². The lowest BCUT2D eigenvalue weighted by Crippen LogP contribution is -2.52. The summed E-state index contributed by atoms with van der Waals surface area (Å²) in [6.45, 7) is 9.41. The van der Waals surface area contributed by atoms with Crippen LogP contribution in [0.3, 0.4) is 0 Å². The maximum Gasteiger partial charge on any atom is 0.224 e. The SMILES string of the molecule is Cc1cccnc1OCC(C)(C)NC(=O)C(C)[C@@H]1CCCN1C. The molecule has 128 valence electrons. The molecule has 1 aliphatic rings. The van der Waals surface area contributed by atoms with Crippen LogP contribution in [-0.4, -0.2) is 47.6 Å². The molecular weight excluding hydrogens is 290 g/mol. The number of hydrogen-bond donors (Lipinski definition) is 1. The maximum atomic E-state index is 12.6. The number of carbonyl (C=O) groups excluding carboxylic acids is 1. The minimum Gasteiger partial charge on any atom is -0.475 e. The Hall–Kier alpha value is -1.62. The quantitative estimate of drug-likeness (QED) is 0.875. The van der Waals surface area contributed by atoms with Gasteiger partial charge in [-0.15, -0.1) is 0 Å². The first-order valence-corrected chi connectivity index (χ1v) is 8.37. The third-order valence-electron chi connectivity index (χ3n) is 4.56. The summed E-state index contributed by atoms with van der Waals surface area (Å²) in [5.74, 6) is 0.701. The highest BCUT2D eigenvalue weighted by Gasteiger charge is 2.33. The van der Waals surface area contributed by atoms with Gasteiger partial charge >= 0.3 is 0 Å². The summed E-state index contributed by atoms with van der Waals surface area (Å²) in [6.07, 6.45) is 3.98. The van der Waals surface area contributed by atoms with E-state index in [4.69, 9.17) is 4.74 Å². The third kappa shape index (κ3) is 4.67. The molecule has 0 aliphatic carbocycles. The van der Waals surface area contributed by atoms with Gasteiger partial charge in [0.05, 0.1) is 11.5 Å². The minimum absolute atomic E-state index is 0.0154. The second-order valence-electron chi connectivity index (χ2n) is 7.27. The van der Waals surface area contributed by atoms with Crippen molar-refractivity contribution in [2.75, 3.05) is 20.2 Å². The lowest BCUT2D eigenvalue weighted by atomic mass is 9.97. The zero-order valence-corrected chi connectivity index (χ0v) is 14.9. The van der Waals surface area contributed by atoms with E-state index in [0.29, 0.717) is 18.5 Å². The highest BCUT2D eigenvalue weighted by Crippen LogP contribution is 2.23. The van der Waals surface area contributed by atoms with Crippen LogP contribution in [0.2, 0.25) is 0 Å². The fourth-order valence-corrected chi connectivity index (χ4v) is 3.10. The van der Waals surface area contributed by atoms with Gasteiger partial charge in [0.15, 0.2) is 0 Å². The monoisotopic (exact) mass is 319 g/mol. The molecule has 0 bridgehead atoms. The van der Waals surface area contributed by atoms with Gasteiger partial charge in [0, 0.05) is 17.8 Å². The fraction of sp³-hybridized carbons (Fsp3) is 0.667. The number of aryl methyl sites for hydroxylation is 1. The van der Waals surface area contributed by atoms with E-state index in [-0.39, 0.29) is 11.8 Å². The van der Waals surface area contributed by atoms with Crippen LogP contribution < -0.4 is 10.1 Å². The molecule has 0 aromatic carbocycles. The molecule has 1 amide bonds. The summed E-state index contributed by atoms with van der Waals surface area (Å²) in [5, 5.41) is 3.12. The van der Waals surface area contributed by atoms with Gasteiger partial charge in [-0.2, -0.15) is 0 Å². The molecule has 1 saturated heterocycles. The topological polar surface area (TPSA) is 54.5 Å². The van der Waals surface area contributed by atoms with Crippen molar-refractivity contribution in [1.29, 1.82) is 0 Å². The van der Waals surface area contributed by atoms with Crippen LogP contribution in [-0.2, 0) is 4.79 Å². The van der Waals surface area contributed by atoms with Crippen molar-refractivity contribution in [2.45, 2.75) is 52.1 Å². The van der Waals surface area contributed by atoms with E-state index in [1.807, 2.05) is 39.8 Å². The van der Waals surface area contributed by atoms with E-state index in [1.54, 1.807) is 6.20 Å². The predicted molar refractivity (Wildman–Crippen MR) is 91.5 cm³/mol. The molecular formula is C18H29N3O2.